The van der Waals surface area contributed by atoms with Crippen molar-refractivity contribution in [3.8, 4) is 0 Å². The molecule has 0 unspecified atom stereocenters. The maximum Gasteiger partial charge on any atom is 0.260 e. The molecule has 2 aromatic carbocycles. The Bertz CT molecular complexity index is 1050. The molecule has 0 aromatic heterocycles. The maximum atomic E-state index is 13.1. The third kappa shape index (κ3) is 4.94. The van der Waals surface area contributed by atoms with Gasteiger partial charge in [-0.2, -0.15) is 0 Å². The number of rotatable bonds is 6. The molecule has 0 spiro atoms. The Hall–Kier alpha value is -2.76. The van der Waals surface area contributed by atoms with E-state index in [-0.39, 0.29) is 11.8 Å². The lowest BCUT2D eigenvalue weighted by Gasteiger charge is -2.26. The Morgan fingerprint density at radius 1 is 1.03 bits per heavy atom. The highest BCUT2D eigenvalue weighted by molar-refractivity contribution is 6.39. The van der Waals surface area contributed by atoms with Gasteiger partial charge >= 0.3 is 0 Å². The van der Waals surface area contributed by atoms with Gasteiger partial charge in [0, 0.05) is 30.0 Å². The van der Waals surface area contributed by atoms with Crippen LogP contribution in [0.15, 0.2) is 66.0 Å². The van der Waals surface area contributed by atoms with Gasteiger partial charge in [-0.3, -0.25) is 9.59 Å². The molecule has 0 bridgehead atoms. The molecule has 4 rings (SSSR count). The summed E-state index contributed by atoms with van der Waals surface area (Å²) < 4.78 is 0. The fourth-order valence-corrected chi connectivity index (χ4v) is 4.02. The van der Waals surface area contributed by atoms with E-state index in [1.807, 2.05) is 18.2 Å². The average molecular weight is 456 g/mol. The molecule has 5 nitrogen and oxygen atoms in total. The Morgan fingerprint density at radius 3 is 2.35 bits per heavy atom. The van der Waals surface area contributed by atoms with E-state index in [9.17, 15) is 9.59 Å². The maximum absolute atomic E-state index is 13.1. The van der Waals surface area contributed by atoms with E-state index in [0.717, 1.165) is 36.3 Å². The largest absolute Gasteiger partial charge is 0.354 e. The number of hydrogen-bond acceptors (Lipinski definition) is 3. The van der Waals surface area contributed by atoms with Gasteiger partial charge in [0.05, 0.1) is 21.3 Å². The van der Waals surface area contributed by atoms with Gasteiger partial charge in [0.2, 0.25) is 0 Å². The van der Waals surface area contributed by atoms with Crippen LogP contribution in [-0.2, 0) is 0 Å². The first-order valence-electron chi connectivity index (χ1n) is 10.2. The molecular weight excluding hydrogens is 433 g/mol. The van der Waals surface area contributed by atoms with Crippen LogP contribution in [0.4, 0.5) is 5.69 Å². The van der Waals surface area contributed by atoms with Gasteiger partial charge in [-0.15, -0.1) is 0 Å². The van der Waals surface area contributed by atoms with Crippen molar-refractivity contribution in [3.63, 3.8) is 0 Å². The molecular formula is C24H23Cl2N3O2. The molecule has 0 aliphatic heterocycles. The van der Waals surface area contributed by atoms with Crippen LogP contribution in [-0.4, -0.2) is 29.8 Å². The van der Waals surface area contributed by atoms with Gasteiger partial charge < -0.3 is 15.5 Å². The number of nitrogens with zero attached hydrogens (tertiary/aromatic N) is 1. The highest BCUT2D eigenvalue weighted by atomic mass is 35.5. The topological polar surface area (TPSA) is 61.4 Å². The molecule has 7 heteroatoms. The lowest BCUT2D eigenvalue weighted by molar-refractivity contribution is 0.0830. The molecule has 1 fully saturated rings. The van der Waals surface area contributed by atoms with E-state index in [2.05, 4.69) is 16.7 Å². The third-order valence-corrected chi connectivity index (χ3v) is 6.00. The minimum absolute atomic E-state index is 0.0477. The first-order valence-corrected chi connectivity index (χ1v) is 11.0. The zero-order chi connectivity index (χ0) is 22.0. The number of anilines is 1. The second-order valence-electron chi connectivity index (χ2n) is 7.71. The molecule has 2 aliphatic carbocycles. The van der Waals surface area contributed by atoms with E-state index in [1.54, 1.807) is 42.3 Å². The van der Waals surface area contributed by atoms with E-state index >= 15 is 0 Å². The molecule has 1 saturated carbocycles. The first kappa shape index (κ1) is 21.5. The smallest absolute Gasteiger partial charge is 0.260 e. The monoisotopic (exact) mass is 455 g/mol. The van der Waals surface area contributed by atoms with Crippen LogP contribution in [0, 0.1) is 0 Å². The predicted octanol–water partition coefficient (Wildman–Crippen LogP) is 5.63. The molecule has 2 aliphatic rings. The highest BCUT2D eigenvalue weighted by Gasteiger charge is 2.25. The number of carbonyl (C=O) groups is 2. The van der Waals surface area contributed by atoms with E-state index < -0.39 is 0 Å². The zero-order valence-corrected chi connectivity index (χ0v) is 18.6. The summed E-state index contributed by atoms with van der Waals surface area (Å²) in [5.41, 5.74) is 3.42. The van der Waals surface area contributed by atoms with Crippen LogP contribution in [0.1, 0.15) is 46.4 Å². The minimum Gasteiger partial charge on any atom is -0.354 e. The summed E-state index contributed by atoms with van der Waals surface area (Å²) in [6, 6.07) is 12.7. The standard InChI is InChI=1S/C24H23Cl2N3O2/c1-29(24(31)22-18(25)5-4-6-19(22)26)21-8-3-2-7-20(21)27-16-11-9-15(10-12-16)23(30)28-17-13-14-17/h2,4-7,9-12,17,27H,3,8,13-14H2,1H3,(H,28,30). The van der Waals surface area contributed by atoms with E-state index in [0.29, 0.717) is 33.6 Å². The second-order valence-corrected chi connectivity index (χ2v) is 8.53. The van der Waals surface area contributed by atoms with Crippen LogP contribution in [0.25, 0.3) is 0 Å². The second kappa shape index (κ2) is 9.16. The van der Waals surface area contributed by atoms with Crippen LogP contribution >= 0.6 is 23.2 Å². The van der Waals surface area contributed by atoms with Crippen molar-refractivity contribution >= 4 is 40.7 Å². The fourth-order valence-electron chi connectivity index (χ4n) is 3.46. The average Bonchev–Trinajstić information content (AvgIpc) is 3.58. The van der Waals surface area contributed by atoms with Gasteiger partial charge in [0.15, 0.2) is 0 Å². The Morgan fingerprint density at radius 2 is 1.71 bits per heavy atom. The number of nitrogens with one attached hydrogen (secondary N) is 2. The van der Waals surface area contributed by atoms with E-state index in [1.165, 1.54) is 0 Å². The van der Waals surface area contributed by atoms with Gasteiger partial charge in [0.1, 0.15) is 0 Å². The van der Waals surface area contributed by atoms with Crippen LogP contribution in [0.5, 0.6) is 0 Å². The quantitative estimate of drug-likeness (QED) is 0.592. The fraction of sp³-hybridized carbons (Fsp3) is 0.250. The number of amides is 2. The van der Waals surface area contributed by atoms with Crippen molar-refractivity contribution in [1.29, 1.82) is 0 Å². The molecule has 31 heavy (non-hydrogen) atoms. The summed E-state index contributed by atoms with van der Waals surface area (Å²) in [4.78, 5) is 26.9. The van der Waals surface area contributed by atoms with Gasteiger partial charge in [-0.05, 0) is 68.2 Å². The lowest BCUT2D eigenvalue weighted by Crippen LogP contribution is -2.29. The van der Waals surface area contributed by atoms with Gasteiger partial charge in [-0.1, -0.05) is 35.3 Å². The van der Waals surface area contributed by atoms with Crippen molar-refractivity contribution < 1.29 is 9.59 Å². The number of carbonyl (C=O) groups excluding carboxylic acids is 2. The number of hydrogen-bond donors (Lipinski definition) is 2. The van der Waals surface area contributed by atoms with Gasteiger partial charge in [0.25, 0.3) is 11.8 Å². The van der Waals surface area contributed by atoms with Crippen LogP contribution < -0.4 is 10.6 Å². The first-order chi connectivity index (χ1) is 14.9. The molecule has 2 amide bonds. The molecule has 2 aromatic rings. The molecule has 160 valence electrons. The van der Waals surface area contributed by atoms with E-state index in [4.69, 9.17) is 23.2 Å². The van der Waals surface area contributed by atoms with Crippen molar-refractivity contribution in [1.82, 2.24) is 10.2 Å². The summed E-state index contributed by atoms with van der Waals surface area (Å²) in [6.45, 7) is 0. The molecule has 0 saturated heterocycles. The summed E-state index contributed by atoms with van der Waals surface area (Å²) in [6.07, 6.45) is 7.66. The van der Waals surface area contributed by atoms with Crippen molar-refractivity contribution in [2.24, 2.45) is 0 Å². The minimum atomic E-state index is -0.257. The van der Waals surface area contributed by atoms with Crippen LogP contribution in [0.2, 0.25) is 10.0 Å². The lowest BCUT2D eigenvalue weighted by atomic mass is 10.1. The van der Waals surface area contributed by atoms with Crippen LogP contribution in [0.3, 0.4) is 0 Å². The predicted molar refractivity (Wildman–Crippen MR) is 125 cm³/mol. The summed E-state index contributed by atoms with van der Waals surface area (Å²) in [5, 5.41) is 7.00. The third-order valence-electron chi connectivity index (χ3n) is 5.37. The molecule has 2 N–H and O–H groups in total. The van der Waals surface area contributed by atoms with Gasteiger partial charge in [-0.25, -0.2) is 0 Å². The summed E-state index contributed by atoms with van der Waals surface area (Å²) in [5.74, 6) is -0.305. The SMILES string of the molecule is CN(C(=O)c1c(Cl)cccc1Cl)C1=C(Nc2ccc(C(=O)NC3CC3)cc2)C=CCC1. The Kier molecular flexibility index (Phi) is 6.35. The molecule has 0 radical (unpaired) electrons. The number of halogens is 2. The number of allylic oxidation sites excluding steroid dienone is 3. The molecule has 0 atom stereocenters. The van der Waals surface area contributed by atoms with Crippen molar-refractivity contribution in [2.75, 3.05) is 12.4 Å². The molecule has 0 heterocycles. The highest BCUT2D eigenvalue weighted by Crippen LogP contribution is 2.30. The Labute approximate surface area is 191 Å². The zero-order valence-electron chi connectivity index (χ0n) is 17.1. The summed E-state index contributed by atoms with van der Waals surface area (Å²) in [7, 11) is 1.73. The summed E-state index contributed by atoms with van der Waals surface area (Å²) >= 11 is 12.5. The number of benzene rings is 2. The van der Waals surface area contributed by atoms with Crippen molar-refractivity contribution in [2.45, 2.75) is 31.7 Å². The normalized spacial score (nSPS) is 15.6. The van der Waals surface area contributed by atoms with Crippen molar-refractivity contribution in [3.05, 3.63) is 87.2 Å². The Balaban J connectivity index is 1.54.